The van der Waals surface area contributed by atoms with Crippen LogP contribution in [0.15, 0.2) is 30.3 Å². The van der Waals surface area contributed by atoms with Gasteiger partial charge in [-0.15, -0.1) is 0 Å². The molecule has 1 aromatic rings. The molecule has 25 heavy (non-hydrogen) atoms. The number of nitrogens with one attached hydrogen (secondary N) is 1. The average Bonchev–Trinajstić information content (AvgIpc) is 2.63. The number of aliphatic carboxylic acids is 1. The Balaban J connectivity index is 0.000000181. The van der Waals surface area contributed by atoms with Crippen LogP contribution in [0.5, 0.6) is 0 Å². The van der Waals surface area contributed by atoms with E-state index in [1.165, 1.54) is 70.3 Å². The van der Waals surface area contributed by atoms with Gasteiger partial charge in [0.15, 0.2) is 0 Å². The zero-order valence-corrected chi connectivity index (χ0v) is 15.7. The molecule has 0 atom stereocenters. The van der Waals surface area contributed by atoms with E-state index in [-0.39, 0.29) is 0 Å². The maximum absolute atomic E-state index is 10.1. The molecule has 0 amide bonds. The van der Waals surface area contributed by atoms with E-state index in [4.69, 9.17) is 16.7 Å². The lowest BCUT2D eigenvalue weighted by Crippen LogP contribution is -2.40. The second-order valence-electron chi connectivity index (χ2n) is 7.06. The summed E-state index contributed by atoms with van der Waals surface area (Å²) < 4.78 is 0. The van der Waals surface area contributed by atoms with Gasteiger partial charge in [0.05, 0.1) is 0 Å². The molecule has 0 saturated heterocycles. The molecule has 2 aliphatic rings. The minimum Gasteiger partial charge on any atom is -0.478 e. The number of rotatable bonds is 4. The molecule has 0 spiro atoms. The van der Waals surface area contributed by atoms with E-state index in [1.54, 1.807) is 24.3 Å². The summed E-state index contributed by atoms with van der Waals surface area (Å²) in [7, 11) is 0. The molecule has 1 aromatic carbocycles. The quantitative estimate of drug-likeness (QED) is 0.676. The highest BCUT2D eigenvalue weighted by molar-refractivity contribution is 6.30. The Morgan fingerprint density at radius 3 is 1.84 bits per heavy atom. The summed E-state index contributed by atoms with van der Waals surface area (Å²) in [4.78, 5) is 10.1. The average molecular weight is 364 g/mol. The Bertz CT molecular complexity index is 513. The molecule has 0 unspecified atom stereocenters. The van der Waals surface area contributed by atoms with Gasteiger partial charge in [0, 0.05) is 23.2 Å². The minimum atomic E-state index is -0.954. The van der Waals surface area contributed by atoms with Gasteiger partial charge < -0.3 is 10.4 Å². The van der Waals surface area contributed by atoms with E-state index >= 15 is 0 Å². The highest BCUT2D eigenvalue weighted by atomic mass is 35.5. The van der Waals surface area contributed by atoms with Crippen molar-refractivity contribution in [2.75, 3.05) is 0 Å². The molecule has 0 heterocycles. The van der Waals surface area contributed by atoms with Crippen molar-refractivity contribution in [3.05, 3.63) is 40.9 Å². The Kier molecular flexibility index (Phi) is 9.06. The third kappa shape index (κ3) is 8.55. The number of carboxylic acid groups (broad SMARTS) is 1. The zero-order valence-electron chi connectivity index (χ0n) is 14.9. The van der Waals surface area contributed by atoms with Crippen LogP contribution >= 0.6 is 11.6 Å². The molecule has 0 radical (unpaired) electrons. The van der Waals surface area contributed by atoms with Crippen LogP contribution in [0.25, 0.3) is 6.08 Å². The standard InChI is InChI=1S/C12H23N.C9H7ClO2/c1-3-7-11(8-4-1)13-12-9-5-2-6-10-12;10-8-4-1-7(2-5-8)3-6-9(11)12/h11-13H,1-10H2;1-6H,(H,11,12)/b;6-3+. The molecule has 0 aromatic heterocycles. The van der Waals surface area contributed by atoms with Crippen molar-refractivity contribution in [1.82, 2.24) is 5.32 Å². The van der Waals surface area contributed by atoms with Crippen LogP contribution < -0.4 is 5.32 Å². The molecule has 3 rings (SSSR count). The maximum atomic E-state index is 10.1. The first-order valence-corrected chi connectivity index (χ1v) is 9.94. The van der Waals surface area contributed by atoms with Crippen molar-refractivity contribution in [2.45, 2.75) is 76.3 Å². The summed E-state index contributed by atoms with van der Waals surface area (Å²) in [6.07, 6.45) is 17.2. The summed E-state index contributed by atoms with van der Waals surface area (Å²) in [5, 5.41) is 12.8. The van der Waals surface area contributed by atoms with Gasteiger partial charge in [0.2, 0.25) is 0 Å². The molecule has 3 nitrogen and oxygen atoms in total. The fourth-order valence-electron chi connectivity index (χ4n) is 3.61. The van der Waals surface area contributed by atoms with Crippen molar-refractivity contribution in [3.63, 3.8) is 0 Å². The molecule has 2 aliphatic carbocycles. The van der Waals surface area contributed by atoms with Crippen molar-refractivity contribution >= 4 is 23.6 Å². The van der Waals surface area contributed by atoms with Crippen molar-refractivity contribution in [1.29, 1.82) is 0 Å². The first kappa shape index (κ1) is 20.0. The Morgan fingerprint density at radius 2 is 1.40 bits per heavy atom. The van der Waals surface area contributed by atoms with E-state index < -0.39 is 5.97 Å². The molecular formula is C21H30ClNO2. The molecule has 0 bridgehead atoms. The van der Waals surface area contributed by atoms with E-state index in [0.29, 0.717) is 5.02 Å². The summed E-state index contributed by atoms with van der Waals surface area (Å²) in [5.41, 5.74) is 0.821. The van der Waals surface area contributed by atoms with E-state index in [1.807, 2.05) is 0 Å². The first-order chi connectivity index (χ1) is 12.1. The van der Waals surface area contributed by atoms with Gasteiger partial charge in [-0.3, -0.25) is 0 Å². The lowest BCUT2D eigenvalue weighted by molar-refractivity contribution is -0.131. The van der Waals surface area contributed by atoms with Gasteiger partial charge in [0.1, 0.15) is 0 Å². The zero-order chi connectivity index (χ0) is 17.9. The normalized spacial score (nSPS) is 19.4. The second kappa shape index (κ2) is 11.3. The maximum Gasteiger partial charge on any atom is 0.328 e. The van der Waals surface area contributed by atoms with Crippen LogP contribution in [-0.2, 0) is 4.79 Å². The molecule has 2 N–H and O–H groups in total. The number of hydrogen-bond acceptors (Lipinski definition) is 2. The number of carboxylic acids is 1. The van der Waals surface area contributed by atoms with Crippen LogP contribution in [0.3, 0.4) is 0 Å². The smallest absolute Gasteiger partial charge is 0.328 e. The SMILES string of the molecule is C1CCC(NC2CCCCC2)CC1.O=C(O)/C=C/c1ccc(Cl)cc1. The number of carbonyl (C=O) groups is 1. The van der Waals surface area contributed by atoms with Crippen molar-refractivity contribution in [3.8, 4) is 0 Å². The third-order valence-electron chi connectivity index (χ3n) is 4.97. The number of benzene rings is 1. The number of hydrogen-bond donors (Lipinski definition) is 2. The van der Waals surface area contributed by atoms with Gasteiger partial charge >= 0.3 is 5.97 Å². The third-order valence-corrected chi connectivity index (χ3v) is 5.22. The largest absolute Gasteiger partial charge is 0.478 e. The Morgan fingerprint density at radius 1 is 0.920 bits per heavy atom. The minimum absolute atomic E-state index is 0.641. The van der Waals surface area contributed by atoms with Crippen LogP contribution in [0.2, 0.25) is 5.02 Å². The van der Waals surface area contributed by atoms with Crippen LogP contribution in [0.4, 0.5) is 0 Å². The topological polar surface area (TPSA) is 49.3 Å². The Hall–Kier alpha value is -1.32. The predicted octanol–water partition coefficient (Wildman–Crippen LogP) is 5.68. The van der Waals surface area contributed by atoms with Gasteiger partial charge in [-0.05, 0) is 49.5 Å². The highest BCUT2D eigenvalue weighted by Gasteiger charge is 2.19. The van der Waals surface area contributed by atoms with Crippen LogP contribution in [0.1, 0.15) is 69.8 Å². The van der Waals surface area contributed by atoms with E-state index in [2.05, 4.69) is 5.32 Å². The fourth-order valence-corrected chi connectivity index (χ4v) is 3.74. The molecule has 0 aliphatic heterocycles. The van der Waals surface area contributed by atoms with Gasteiger partial charge in [-0.25, -0.2) is 4.79 Å². The van der Waals surface area contributed by atoms with Gasteiger partial charge in [0.25, 0.3) is 0 Å². The summed E-state index contributed by atoms with van der Waals surface area (Å²) >= 11 is 5.63. The lowest BCUT2D eigenvalue weighted by Gasteiger charge is -2.30. The molecule has 2 saturated carbocycles. The molecular weight excluding hydrogens is 334 g/mol. The van der Waals surface area contributed by atoms with Crippen LogP contribution in [-0.4, -0.2) is 23.2 Å². The van der Waals surface area contributed by atoms with Crippen LogP contribution in [0, 0.1) is 0 Å². The fraction of sp³-hybridized carbons (Fsp3) is 0.571. The van der Waals surface area contributed by atoms with Gasteiger partial charge in [-0.2, -0.15) is 0 Å². The summed E-state index contributed by atoms with van der Waals surface area (Å²) in [6, 6.07) is 8.67. The summed E-state index contributed by atoms with van der Waals surface area (Å²) in [5.74, 6) is -0.954. The molecule has 2 fully saturated rings. The Labute approximate surface area is 156 Å². The highest BCUT2D eigenvalue weighted by Crippen LogP contribution is 2.22. The monoisotopic (exact) mass is 363 g/mol. The summed E-state index contributed by atoms with van der Waals surface area (Å²) in [6.45, 7) is 0. The second-order valence-corrected chi connectivity index (χ2v) is 7.50. The lowest BCUT2D eigenvalue weighted by atomic mass is 9.91. The first-order valence-electron chi connectivity index (χ1n) is 9.56. The predicted molar refractivity (Wildman–Crippen MR) is 105 cm³/mol. The van der Waals surface area contributed by atoms with Crippen molar-refractivity contribution < 1.29 is 9.90 Å². The van der Waals surface area contributed by atoms with Gasteiger partial charge in [-0.1, -0.05) is 62.3 Å². The van der Waals surface area contributed by atoms with E-state index in [9.17, 15) is 4.79 Å². The molecule has 138 valence electrons. The number of halogens is 1. The van der Waals surface area contributed by atoms with E-state index in [0.717, 1.165) is 23.7 Å². The van der Waals surface area contributed by atoms with Crippen molar-refractivity contribution in [2.24, 2.45) is 0 Å². The molecule has 4 heteroatoms.